The summed E-state index contributed by atoms with van der Waals surface area (Å²) in [4.78, 5) is 15.3. The number of halogens is 2. The van der Waals surface area contributed by atoms with Gasteiger partial charge in [-0.05, 0) is 43.6 Å². The lowest BCUT2D eigenvalue weighted by atomic mass is 9.95. The number of nitrogens with one attached hydrogen (secondary N) is 2. The zero-order valence-electron chi connectivity index (χ0n) is 16.0. The molecule has 1 aromatic carbocycles. The number of piperidine rings is 1. The summed E-state index contributed by atoms with van der Waals surface area (Å²) in [7, 11) is -3.50. The zero-order valence-corrected chi connectivity index (χ0v) is 19.2. The van der Waals surface area contributed by atoms with Gasteiger partial charge in [0.15, 0.2) is 14.6 Å². The van der Waals surface area contributed by atoms with Gasteiger partial charge in [0.2, 0.25) is 5.91 Å². The van der Waals surface area contributed by atoms with E-state index in [0.29, 0.717) is 31.6 Å². The first kappa shape index (κ1) is 25.5. The van der Waals surface area contributed by atoms with Gasteiger partial charge in [-0.25, -0.2) is 8.42 Å². The maximum absolute atomic E-state index is 12.9. The second-order valence-electron chi connectivity index (χ2n) is 7.06. The Balaban J connectivity index is 0.00000196. The lowest BCUT2D eigenvalue weighted by Gasteiger charge is -2.34. The quantitative estimate of drug-likeness (QED) is 0.687. The number of carbonyl (C=O) groups is 1. The second kappa shape index (κ2) is 11.0. The molecular weight excluding hydrogens is 441 g/mol. The van der Waals surface area contributed by atoms with Gasteiger partial charge in [0.05, 0.1) is 0 Å². The van der Waals surface area contributed by atoms with Gasteiger partial charge in [0, 0.05) is 43.1 Å². The van der Waals surface area contributed by atoms with Crippen molar-refractivity contribution < 1.29 is 13.2 Å². The SMILES string of the molecule is CS(=O)(=O)C1(C(=O)Nc2cccc(CN3CCSCC3)c2)CCNCC1.Cl.Cl. The Bertz CT molecular complexity index is 750. The highest BCUT2D eigenvalue weighted by Gasteiger charge is 2.48. The molecular formula is C18H29Cl2N3O3S2. The third kappa shape index (κ3) is 6.00. The molecule has 2 aliphatic rings. The fraction of sp³-hybridized carbons (Fsp3) is 0.611. The third-order valence-electron chi connectivity index (χ3n) is 5.23. The first-order valence-corrected chi connectivity index (χ1v) is 12.1. The fourth-order valence-corrected chi connectivity index (χ4v) is 5.92. The van der Waals surface area contributed by atoms with E-state index in [0.717, 1.165) is 36.7 Å². The average Bonchev–Trinajstić information content (AvgIpc) is 2.62. The highest BCUT2D eigenvalue weighted by molar-refractivity contribution is 7.99. The number of anilines is 1. The van der Waals surface area contributed by atoms with Gasteiger partial charge in [-0.1, -0.05) is 12.1 Å². The lowest BCUT2D eigenvalue weighted by molar-refractivity contribution is -0.119. The standard InChI is InChI=1S/C18H27N3O3S2.2ClH/c1-26(23,24)18(5-7-19-8-6-18)17(22)20-16-4-2-3-15(13-16)14-21-9-11-25-12-10-21;;/h2-4,13,19H,5-12,14H2,1H3,(H,20,22);2*1H. The summed E-state index contributed by atoms with van der Waals surface area (Å²) in [5.41, 5.74) is 1.80. The molecule has 2 fully saturated rings. The molecule has 0 atom stereocenters. The molecule has 0 aromatic heterocycles. The van der Waals surface area contributed by atoms with Crippen molar-refractivity contribution in [2.75, 3.05) is 49.3 Å². The van der Waals surface area contributed by atoms with Crippen molar-refractivity contribution in [2.24, 2.45) is 0 Å². The summed E-state index contributed by atoms with van der Waals surface area (Å²) in [6.07, 6.45) is 1.79. The summed E-state index contributed by atoms with van der Waals surface area (Å²) in [5.74, 6) is 1.90. The van der Waals surface area contributed by atoms with Crippen LogP contribution in [0.5, 0.6) is 0 Å². The maximum atomic E-state index is 12.9. The van der Waals surface area contributed by atoms with Gasteiger partial charge in [0.1, 0.15) is 0 Å². The molecule has 0 spiro atoms. The van der Waals surface area contributed by atoms with Crippen molar-refractivity contribution in [2.45, 2.75) is 24.1 Å². The number of hydrogen-bond donors (Lipinski definition) is 2. The van der Waals surface area contributed by atoms with E-state index in [2.05, 4.69) is 15.5 Å². The molecule has 2 saturated heterocycles. The molecule has 160 valence electrons. The first-order chi connectivity index (χ1) is 12.4. The number of benzene rings is 1. The fourth-order valence-electron chi connectivity index (χ4n) is 3.61. The van der Waals surface area contributed by atoms with Gasteiger partial charge in [-0.2, -0.15) is 11.8 Å². The molecule has 0 aliphatic carbocycles. The average molecular weight is 470 g/mol. The van der Waals surface area contributed by atoms with Gasteiger partial charge in [-0.3, -0.25) is 9.69 Å². The highest BCUT2D eigenvalue weighted by atomic mass is 35.5. The third-order valence-corrected chi connectivity index (χ3v) is 8.19. The summed E-state index contributed by atoms with van der Waals surface area (Å²) in [6.45, 7) is 4.07. The monoisotopic (exact) mass is 469 g/mol. The largest absolute Gasteiger partial charge is 0.325 e. The van der Waals surface area contributed by atoms with Crippen LogP contribution in [0.4, 0.5) is 5.69 Å². The van der Waals surface area contributed by atoms with E-state index in [9.17, 15) is 13.2 Å². The van der Waals surface area contributed by atoms with Crippen LogP contribution in [0.1, 0.15) is 18.4 Å². The Morgan fingerprint density at radius 2 is 1.86 bits per heavy atom. The van der Waals surface area contributed by atoms with Crippen LogP contribution in [-0.2, 0) is 21.2 Å². The van der Waals surface area contributed by atoms with Crippen molar-refractivity contribution in [1.82, 2.24) is 10.2 Å². The van der Waals surface area contributed by atoms with Gasteiger partial charge in [0.25, 0.3) is 0 Å². The van der Waals surface area contributed by atoms with Gasteiger partial charge < -0.3 is 10.6 Å². The molecule has 28 heavy (non-hydrogen) atoms. The van der Waals surface area contributed by atoms with Crippen LogP contribution in [-0.4, -0.2) is 67.9 Å². The summed E-state index contributed by atoms with van der Waals surface area (Å²) in [6, 6.07) is 7.74. The molecule has 1 amide bonds. The van der Waals surface area contributed by atoms with Gasteiger partial charge >= 0.3 is 0 Å². The van der Waals surface area contributed by atoms with E-state index in [1.165, 1.54) is 6.26 Å². The van der Waals surface area contributed by atoms with E-state index in [-0.39, 0.29) is 24.8 Å². The minimum absolute atomic E-state index is 0. The maximum Gasteiger partial charge on any atom is 0.245 e. The Hall–Kier alpha value is -0.510. The number of rotatable bonds is 5. The predicted molar refractivity (Wildman–Crippen MR) is 122 cm³/mol. The molecule has 10 heteroatoms. The number of amides is 1. The minimum Gasteiger partial charge on any atom is -0.325 e. The van der Waals surface area contributed by atoms with E-state index in [1.54, 1.807) is 0 Å². The smallest absolute Gasteiger partial charge is 0.245 e. The Kier molecular flexibility index (Phi) is 10.1. The minimum atomic E-state index is -3.50. The van der Waals surface area contributed by atoms with Crippen molar-refractivity contribution in [3.8, 4) is 0 Å². The van der Waals surface area contributed by atoms with Crippen LogP contribution in [0.25, 0.3) is 0 Å². The van der Waals surface area contributed by atoms with Crippen molar-refractivity contribution in [1.29, 1.82) is 0 Å². The normalized spacial score (nSPS) is 19.8. The Labute approximate surface area is 184 Å². The number of nitrogens with zero attached hydrogens (tertiary/aromatic N) is 1. The van der Waals surface area contributed by atoms with E-state index < -0.39 is 20.5 Å². The summed E-state index contributed by atoms with van der Waals surface area (Å²) in [5, 5.41) is 6.00. The van der Waals surface area contributed by atoms with E-state index >= 15 is 0 Å². The molecule has 2 N–H and O–H groups in total. The zero-order chi connectivity index (χ0) is 18.6. The van der Waals surface area contributed by atoms with E-state index in [4.69, 9.17) is 0 Å². The molecule has 0 radical (unpaired) electrons. The highest BCUT2D eigenvalue weighted by Crippen LogP contribution is 2.29. The Morgan fingerprint density at radius 1 is 1.21 bits per heavy atom. The molecule has 1 aromatic rings. The van der Waals surface area contributed by atoms with Crippen molar-refractivity contribution in [3.63, 3.8) is 0 Å². The molecule has 2 heterocycles. The molecule has 3 rings (SSSR count). The molecule has 0 bridgehead atoms. The van der Waals surface area contributed by atoms with Crippen LogP contribution in [0.2, 0.25) is 0 Å². The molecule has 0 unspecified atom stereocenters. The Morgan fingerprint density at radius 3 is 2.46 bits per heavy atom. The van der Waals surface area contributed by atoms with Crippen LogP contribution in [0.3, 0.4) is 0 Å². The van der Waals surface area contributed by atoms with Gasteiger partial charge in [-0.15, -0.1) is 24.8 Å². The van der Waals surface area contributed by atoms with Crippen molar-refractivity contribution >= 4 is 58.0 Å². The summed E-state index contributed by atoms with van der Waals surface area (Å²) >= 11 is 1.98. The van der Waals surface area contributed by atoms with Crippen LogP contribution < -0.4 is 10.6 Å². The number of hydrogen-bond acceptors (Lipinski definition) is 6. The van der Waals surface area contributed by atoms with Crippen molar-refractivity contribution in [3.05, 3.63) is 29.8 Å². The second-order valence-corrected chi connectivity index (χ2v) is 10.6. The van der Waals surface area contributed by atoms with Crippen LogP contribution in [0.15, 0.2) is 24.3 Å². The summed E-state index contributed by atoms with van der Waals surface area (Å²) < 4.78 is 23.4. The van der Waals surface area contributed by atoms with E-state index in [1.807, 2.05) is 36.0 Å². The first-order valence-electron chi connectivity index (χ1n) is 9.01. The number of thioether (sulfide) groups is 1. The number of sulfone groups is 1. The lowest BCUT2D eigenvalue weighted by Crippen LogP contribution is -2.55. The topological polar surface area (TPSA) is 78.5 Å². The molecule has 6 nitrogen and oxygen atoms in total. The van der Waals surface area contributed by atoms with Crippen LogP contribution in [0, 0.1) is 0 Å². The number of carbonyl (C=O) groups excluding carboxylic acids is 1. The van der Waals surface area contributed by atoms with Crippen LogP contribution >= 0.6 is 36.6 Å². The molecule has 0 saturated carbocycles. The molecule has 2 aliphatic heterocycles. The predicted octanol–water partition coefficient (Wildman–Crippen LogP) is 2.18.